The molecule has 2 amide bonds. The fourth-order valence-electron chi connectivity index (χ4n) is 1.94. The molecule has 0 aromatic heterocycles. The van der Waals surface area contributed by atoms with Crippen molar-refractivity contribution in [2.24, 2.45) is 0 Å². The second kappa shape index (κ2) is 8.40. The van der Waals surface area contributed by atoms with E-state index in [0.717, 1.165) is 0 Å². The molecule has 0 fully saturated rings. The third-order valence-corrected chi connectivity index (χ3v) is 3.48. The summed E-state index contributed by atoms with van der Waals surface area (Å²) in [4.78, 5) is 13.6. The van der Waals surface area contributed by atoms with Crippen LogP contribution in [0.1, 0.15) is 0 Å². The highest BCUT2D eigenvalue weighted by Gasteiger charge is 2.12. The lowest BCUT2D eigenvalue weighted by molar-refractivity contribution is 0.207. The topological polar surface area (TPSA) is 50.8 Å². The number of carbonyl (C=O) groups is 1. The van der Waals surface area contributed by atoms with E-state index >= 15 is 0 Å². The Bertz CT molecular complexity index is 712. The van der Waals surface area contributed by atoms with Crippen molar-refractivity contribution < 1.29 is 18.7 Å². The minimum atomic E-state index is -0.437. The van der Waals surface area contributed by atoms with Gasteiger partial charge in [0.2, 0.25) is 0 Å². The van der Waals surface area contributed by atoms with Crippen LogP contribution in [0.3, 0.4) is 0 Å². The molecule has 0 saturated carbocycles. The van der Waals surface area contributed by atoms with E-state index in [9.17, 15) is 9.18 Å². The summed E-state index contributed by atoms with van der Waals surface area (Å²) < 4.78 is 23.7. The van der Waals surface area contributed by atoms with Crippen LogP contribution in [0.15, 0.2) is 42.5 Å². The molecule has 24 heavy (non-hydrogen) atoms. The summed E-state index contributed by atoms with van der Waals surface area (Å²) in [6.07, 6.45) is 0. The van der Waals surface area contributed by atoms with Gasteiger partial charge >= 0.3 is 6.03 Å². The van der Waals surface area contributed by atoms with Gasteiger partial charge in [0.25, 0.3) is 0 Å². The molecule has 0 unspecified atom stereocenters. The van der Waals surface area contributed by atoms with E-state index in [-0.39, 0.29) is 11.8 Å². The zero-order chi connectivity index (χ0) is 17.5. The molecule has 2 aromatic rings. The number of methoxy groups -OCH3 is 1. The van der Waals surface area contributed by atoms with Crippen molar-refractivity contribution in [3.05, 3.63) is 53.3 Å². The van der Waals surface area contributed by atoms with Gasteiger partial charge in [-0.2, -0.15) is 0 Å². The summed E-state index contributed by atoms with van der Waals surface area (Å²) in [6.45, 7) is 0.673. The summed E-state index contributed by atoms with van der Waals surface area (Å²) in [7, 11) is 3.04. The van der Waals surface area contributed by atoms with E-state index < -0.39 is 5.82 Å². The Labute approximate surface area is 144 Å². The molecule has 2 rings (SSSR count). The van der Waals surface area contributed by atoms with Crippen LogP contribution in [0.25, 0.3) is 0 Å². The molecule has 2 aromatic carbocycles. The van der Waals surface area contributed by atoms with E-state index in [0.29, 0.717) is 29.6 Å². The Balaban J connectivity index is 1.86. The van der Waals surface area contributed by atoms with Gasteiger partial charge in [-0.1, -0.05) is 17.7 Å². The van der Waals surface area contributed by atoms with Crippen LogP contribution in [0.2, 0.25) is 5.02 Å². The van der Waals surface area contributed by atoms with Crippen molar-refractivity contribution in [3.63, 3.8) is 0 Å². The zero-order valence-corrected chi connectivity index (χ0v) is 14.1. The standard InChI is InChI=1S/C17H18ClFN2O3/c1-21(8-9-24-14-5-3-4-12(18)10-14)17(22)20-15-7-6-13(19)11-16(15)23-2/h3-7,10-11H,8-9H2,1-2H3,(H,20,22). The molecule has 0 atom stereocenters. The van der Waals surface area contributed by atoms with Gasteiger partial charge in [-0.05, 0) is 30.3 Å². The molecule has 128 valence electrons. The number of ether oxygens (including phenoxy) is 2. The maximum atomic E-state index is 13.2. The average Bonchev–Trinajstić information content (AvgIpc) is 2.56. The van der Waals surface area contributed by atoms with Crippen molar-refractivity contribution in [1.29, 1.82) is 0 Å². The van der Waals surface area contributed by atoms with E-state index in [1.807, 2.05) is 0 Å². The normalized spacial score (nSPS) is 10.2. The lowest BCUT2D eigenvalue weighted by Gasteiger charge is -2.19. The molecule has 1 N–H and O–H groups in total. The predicted octanol–water partition coefficient (Wildman–Crippen LogP) is 4.03. The van der Waals surface area contributed by atoms with E-state index in [4.69, 9.17) is 21.1 Å². The number of amides is 2. The molecule has 0 saturated heterocycles. The number of nitrogens with zero attached hydrogens (tertiary/aromatic N) is 1. The molecule has 0 bridgehead atoms. The van der Waals surface area contributed by atoms with Crippen molar-refractivity contribution in [1.82, 2.24) is 4.90 Å². The van der Waals surface area contributed by atoms with Crippen LogP contribution in [0.4, 0.5) is 14.9 Å². The second-order valence-corrected chi connectivity index (χ2v) is 5.44. The quantitative estimate of drug-likeness (QED) is 0.854. The molecule has 0 radical (unpaired) electrons. The van der Waals surface area contributed by atoms with E-state index in [1.54, 1.807) is 31.3 Å². The highest BCUT2D eigenvalue weighted by molar-refractivity contribution is 6.30. The number of hydrogen-bond donors (Lipinski definition) is 1. The number of anilines is 1. The van der Waals surface area contributed by atoms with Crippen LogP contribution in [0.5, 0.6) is 11.5 Å². The first kappa shape index (κ1) is 17.9. The maximum absolute atomic E-state index is 13.2. The van der Waals surface area contributed by atoms with Gasteiger partial charge in [0.05, 0.1) is 19.3 Å². The smallest absolute Gasteiger partial charge is 0.321 e. The number of hydrogen-bond acceptors (Lipinski definition) is 3. The summed E-state index contributed by atoms with van der Waals surface area (Å²) >= 11 is 5.87. The summed E-state index contributed by atoms with van der Waals surface area (Å²) in [5.41, 5.74) is 0.395. The molecule has 0 spiro atoms. The van der Waals surface area contributed by atoms with E-state index in [1.165, 1.54) is 30.2 Å². The van der Waals surface area contributed by atoms with Gasteiger partial charge < -0.3 is 19.7 Å². The maximum Gasteiger partial charge on any atom is 0.321 e. The number of likely N-dealkylation sites (N-methyl/N-ethyl adjacent to an activating group) is 1. The van der Waals surface area contributed by atoms with Crippen LogP contribution < -0.4 is 14.8 Å². The van der Waals surface area contributed by atoms with Crippen molar-refractivity contribution in [2.45, 2.75) is 0 Å². The Morgan fingerprint density at radius 1 is 1.29 bits per heavy atom. The third-order valence-electron chi connectivity index (χ3n) is 3.24. The predicted molar refractivity (Wildman–Crippen MR) is 91.5 cm³/mol. The van der Waals surface area contributed by atoms with Crippen LogP contribution in [0, 0.1) is 5.82 Å². The number of carbonyl (C=O) groups excluding carboxylic acids is 1. The summed E-state index contributed by atoms with van der Waals surface area (Å²) in [6, 6.07) is 10.6. The Morgan fingerprint density at radius 3 is 2.79 bits per heavy atom. The molecule has 5 nitrogen and oxygen atoms in total. The van der Waals surface area contributed by atoms with Crippen LogP contribution in [-0.4, -0.2) is 38.2 Å². The SMILES string of the molecule is COc1cc(F)ccc1NC(=O)N(C)CCOc1cccc(Cl)c1. The number of halogens is 2. The lowest BCUT2D eigenvalue weighted by Crippen LogP contribution is -2.34. The lowest BCUT2D eigenvalue weighted by atomic mass is 10.3. The van der Waals surface area contributed by atoms with Gasteiger partial charge in [0.1, 0.15) is 23.9 Å². The minimum absolute atomic E-state index is 0.256. The first-order valence-corrected chi connectivity index (χ1v) is 7.61. The third kappa shape index (κ3) is 5.03. The van der Waals surface area contributed by atoms with Crippen molar-refractivity contribution in [3.8, 4) is 11.5 Å². The number of nitrogens with one attached hydrogen (secondary N) is 1. The monoisotopic (exact) mass is 352 g/mol. The van der Waals surface area contributed by atoms with Gasteiger partial charge in [0.15, 0.2) is 0 Å². The van der Waals surface area contributed by atoms with Gasteiger partial charge in [-0.3, -0.25) is 0 Å². The second-order valence-electron chi connectivity index (χ2n) is 5.00. The number of urea groups is 1. The first-order chi connectivity index (χ1) is 11.5. The highest BCUT2D eigenvalue weighted by atomic mass is 35.5. The van der Waals surface area contributed by atoms with Gasteiger partial charge in [-0.25, -0.2) is 9.18 Å². The minimum Gasteiger partial charge on any atom is -0.494 e. The Morgan fingerprint density at radius 2 is 2.08 bits per heavy atom. The van der Waals surface area contributed by atoms with Gasteiger partial charge in [-0.15, -0.1) is 0 Å². The van der Waals surface area contributed by atoms with Crippen molar-refractivity contribution in [2.75, 3.05) is 32.6 Å². The molecule has 0 aliphatic rings. The fraction of sp³-hybridized carbons (Fsp3) is 0.235. The fourth-order valence-corrected chi connectivity index (χ4v) is 2.12. The van der Waals surface area contributed by atoms with Gasteiger partial charge in [0, 0.05) is 18.1 Å². The molecule has 7 heteroatoms. The van der Waals surface area contributed by atoms with E-state index in [2.05, 4.69) is 5.32 Å². The molecule has 0 aliphatic carbocycles. The first-order valence-electron chi connectivity index (χ1n) is 7.23. The van der Waals surface area contributed by atoms with Crippen LogP contribution >= 0.6 is 11.6 Å². The summed E-state index contributed by atoms with van der Waals surface area (Å²) in [5.74, 6) is 0.455. The molecule has 0 aliphatic heterocycles. The molecular formula is C17H18ClFN2O3. The Hall–Kier alpha value is -2.47. The average molecular weight is 353 g/mol. The van der Waals surface area contributed by atoms with Crippen LogP contribution in [-0.2, 0) is 0 Å². The Kier molecular flexibility index (Phi) is 6.26. The number of rotatable bonds is 6. The number of benzene rings is 2. The molecular weight excluding hydrogens is 335 g/mol. The zero-order valence-electron chi connectivity index (χ0n) is 13.4. The van der Waals surface area contributed by atoms with Crippen molar-refractivity contribution >= 4 is 23.3 Å². The largest absolute Gasteiger partial charge is 0.494 e. The highest BCUT2D eigenvalue weighted by Crippen LogP contribution is 2.25. The molecule has 0 heterocycles. The summed E-state index contributed by atoms with van der Waals surface area (Å²) in [5, 5.41) is 3.25.